The molecule has 3 N–H and O–H groups in total. The Morgan fingerprint density at radius 3 is 2.33 bits per heavy atom. The summed E-state index contributed by atoms with van der Waals surface area (Å²) in [4.78, 5) is 16.5. The molecule has 27 heavy (non-hydrogen) atoms. The highest BCUT2D eigenvalue weighted by Gasteiger charge is 2.45. The number of hydrogen-bond acceptors (Lipinski definition) is 2. The molecular formula is C20H32FIN4O. The summed E-state index contributed by atoms with van der Waals surface area (Å²) in [7, 11) is 0. The summed E-state index contributed by atoms with van der Waals surface area (Å²) in [6, 6.07) is 6.97. The first kappa shape index (κ1) is 23.7. The zero-order valence-electron chi connectivity index (χ0n) is 16.7. The third-order valence-electron chi connectivity index (χ3n) is 4.57. The Balaban J connectivity index is 0.00000364. The van der Waals surface area contributed by atoms with Gasteiger partial charge in [0.2, 0.25) is 5.91 Å². The van der Waals surface area contributed by atoms with Crippen molar-refractivity contribution < 1.29 is 9.18 Å². The average molecular weight is 490 g/mol. The van der Waals surface area contributed by atoms with Crippen LogP contribution in [0.25, 0.3) is 0 Å². The van der Waals surface area contributed by atoms with Crippen molar-refractivity contribution in [3.05, 3.63) is 35.6 Å². The van der Waals surface area contributed by atoms with Crippen molar-refractivity contribution in [2.45, 2.75) is 46.0 Å². The summed E-state index contributed by atoms with van der Waals surface area (Å²) >= 11 is 0. The van der Waals surface area contributed by atoms with Crippen molar-refractivity contribution in [3.63, 3.8) is 0 Å². The predicted molar refractivity (Wildman–Crippen MR) is 119 cm³/mol. The number of guanidine groups is 1. The van der Waals surface area contributed by atoms with Crippen molar-refractivity contribution in [1.29, 1.82) is 0 Å². The molecule has 0 bridgehead atoms. The quantitative estimate of drug-likeness (QED) is 0.238. The maximum Gasteiger partial charge on any atom is 0.225 e. The molecule has 1 aliphatic carbocycles. The van der Waals surface area contributed by atoms with Crippen molar-refractivity contribution >= 4 is 35.8 Å². The lowest BCUT2D eigenvalue weighted by Gasteiger charge is -2.19. The van der Waals surface area contributed by atoms with Crippen LogP contribution >= 0.6 is 24.0 Å². The molecule has 152 valence electrons. The molecule has 5 nitrogen and oxygen atoms in total. The third-order valence-corrected chi connectivity index (χ3v) is 4.57. The lowest BCUT2D eigenvalue weighted by Crippen LogP contribution is -2.43. The number of nitrogens with one attached hydrogen (secondary N) is 3. The van der Waals surface area contributed by atoms with Gasteiger partial charge in [0.25, 0.3) is 0 Å². The minimum Gasteiger partial charge on any atom is -0.357 e. The van der Waals surface area contributed by atoms with Gasteiger partial charge in [-0.3, -0.25) is 9.79 Å². The fourth-order valence-electron chi connectivity index (χ4n) is 2.75. The second-order valence-electron chi connectivity index (χ2n) is 7.89. The van der Waals surface area contributed by atoms with Crippen LogP contribution in [0.15, 0.2) is 29.3 Å². The van der Waals surface area contributed by atoms with E-state index in [-0.39, 0.29) is 41.1 Å². The van der Waals surface area contributed by atoms with E-state index in [1.54, 1.807) is 6.07 Å². The maximum absolute atomic E-state index is 14.1. The summed E-state index contributed by atoms with van der Waals surface area (Å²) in [5, 5.41) is 9.33. The molecular weight excluding hydrogens is 458 g/mol. The highest BCUT2D eigenvalue weighted by molar-refractivity contribution is 14.0. The molecule has 0 unspecified atom stereocenters. The van der Waals surface area contributed by atoms with Crippen LogP contribution in [-0.4, -0.2) is 38.0 Å². The molecule has 1 amide bonds. The van der Waals surface area contributed by atoms with E-state index in [0.29, 0.717) is 25.6 Å². The summed E-state index contributed by atoms with van der Waals surface area (Å²) in [6.45, 7) is 10.1. The van der Waals surface area contributed by atoms with Crippen molar-refractivity contribution in [2.75, 3.05) is 26.2 Å². The molecule has 1 aromatic carbocycles. The van der Waals surface area contributed by atoms with Gasteiger partial charge in [0.1, 0.15) is 5.82 Å². The van der Waals surface area contributed by atoms with Gasteiger partial charge in [0.05, 0.1) is 6.54 Å². The molecule has 0 aromatic heterocycles. The minimum atomic E-state index is -0.392. The standard InChI is InChI=1S/C20H31FN4O.HI/c1-5-22-18(24-13-12-23-17(26)19(2,3)4)25-14-20(10-11-20)15-8-6-7-9-16(15)21;/h6-9H,5,10-14H2,1-4H3,(H,23,26)(H2,22,24,25);1H. The second-order valence-corrected chi connectivity index (χ2v) is 7.89. The smallest absolute Gasteiger partial charge is 0.225 e. The Bertz CT molecular complexity index is 654. The zero-order chi connectivity index (χ0) is 19.2. The number of nitrogens with zero attached hydrogens (tertiary/aromatic N) is 1. The van der Waals surface area contributed by atoms with Crippen LogP contribution in [-0.2, 0) is 10.2 Å². The van der Waals surface area contributed by atoms with Crippen molar-refractivity contribution in [3.8, 4) is 0 Å². The van der Waals surface area contributed by atoms with Crippen molar-refractivity contribution in [1.82, 2.24) is 16.0 Å². The summed E-state index contributed by atoms with van der Waals surface area (Å²) < 4.78 is 14.1. The molecule has 2 rings (SSSR count). The van der Waals surface area contributed by atoms with E-state index >= 15 is 0 Å². The van der Waals surface area contributed by atoms with Crippen LogP contribution in [0.3, 0.4) is 0 Å². The van der Waals surface area contributed by atoms with E-state index in [0.717, 1.165) is 24.9 Å². The van der Waals surface area contributed by atoms with E-state index in [2.05, 4.69) is 20.9 Å². The lowest BCUT2D eigenvalue weighted by molar-refractivity contribution is -0.128. The number of carbonyl (C=O) groups is 1. The fraction of sp³-hybridized carbons (Fsp3) is 0.600. The number of carbonyl (C=O) groups excluding carboxylic acids is 1. The van der Waals surface area contributed by atoms with Gasteiger partial charge in [-0.15, -0.1) is 24.0 Å². The van der Waals surface area contributed by atoms with Gasteiger partial charge in [0.15, 0.2) is 5.96 Å². The largest absolute Gasteiger partial charge is 0.357 e. The van der Waals surface area contributed by atoms with Crippen LogP contribution in [0.5, 0.6) is 0 Å². The van der Waals surface area contributed by atoms with Crippen LogP contribution in [0.1, 0.15) is 46.1 Å². The number of aliphatic imine (C=N–C) groups is 1. The molecule has 0 spiro atoms. The van der Waals surface area contributed by atoms with Gasteiger partial charge < -0.3 is 16.0 Å². The summed E-state index contributed by atoms with van der Waals surface area (Å²) in [5.41, 5.74) is 0.197. The molecule has 0 radical (unpaired) electrons. The number of amides is 1. The molecule has 1 fully saturated rings. The van der Waals surface area contributed by atoms with E-state index < -0.39 is 5.41 Å². The number of hydrogen-bond donors (Lipinski definition) is 3. The fourth-order valence-corrected chi connectivity index (χ4v) is 2.75. The average Bonchev–Trinajstić information content (AvgIpc) is 3.36. The van der Waals surface area contributed by atoms with Crippen LogP contribution in [0.4, 0.5) is 4.39 Å². The Kier molecular flexibility index (Phi) is 8.98. The molecule has 1 aliphatic rings. The van der Waals surface area contributed by atoms with Gasteiger partial charge in [-0.2, -0.15) is 0 Å². The minimum absolute atomic E-state index is 0. The highest BCUT2D eigenvalue weighted by atomic mass is 127. The summed E-state index contributed by atoms with van der Waals surface area (Å²) in [6.07, 6.45) is 1.91. The SMILES string of the molecule is CCNC(=NCC1(c2ccccc2F)CC1)NCCNC(=O)C(C)(C)C.I. The number of halogens is 2. The molecule has 0 saturated heterocycles. The number of rotatable bonds is 7. The van der Waals surface area contributed by atoms with E-state index in [9.17, 15) is 9.18 Å². The predicted octanol–water partition coefficient (Wildman–Crippen LogP) is 3.19. The molecule has 0 heterocycles. The molecule has 7 heteroatoms. The first-order chi connectivity index (χ1) is 12.3. The maximum atomic E-state index is 14.1. The van der Waals surface area contributed by atoms with Gasteiger partial charge in [-0.25, -0.2) is 4.39 Å². The number of benzene rings is 1. The Morgan fingerprint density at radius 1 is 1.15 bits per heavy atom. The lowest BCUT2D eigenvalue weighted by atomic mass is 9.95. The van der Waals surface area contributed by atoms with E-state index in [1.807, 2.05) is 39.8 Å². The third kappa shape index (κ3) is 6.93. The second kappa shape index (κ2) is 10.2. The van der Waals surface area contributed by atoms with Crippen molar-refractivity contribution in [2.24, 2.45) is 10.4 Å². The molecule has 1 saturated carbocycles. The molecule has 0 aliphatic heterocycles. The van der Waals surface area contributed by atoms with Gasteiger partial charge in [-0.1, -0.05) is 39.0 Å². The van der Waals surface area contributed by atoms with Gasteiger partial charge in [-0.05, 0) is 31.4 Å². The Hall–Kier alpha value is -1.38. The zero-order valence-corrected chi connectivity index (χ0v) is 19.0. The van der Waals surface area contributed by atoms with E-state index in [4.69, 9.17) is 0 Å². The van der Waals surface area contributed by atoms with E-state index in [1.165, 1.54) is 6.07 Å². The molecule has 1 aromatic rings. The normalized spacial score (nSPS) is 15.5. The topological polar surface area (TPSA) is 65.5 Å². The Morgan fingerprint density at radius 2 is 1.78 bits per heavy atom. The van der Waals surface area contributed by atoms with Crippen LogP contribution < -0.4 is 16.0 Å². The highest BCUT2D eigenvalue weighted by Crippen LogP contribution is 2.49. The monoisotopic (exact) mass is 490 g/mol. The van der Waals surface area contributed by atoms with Gasteiger partial charge in [0, 0.05) is 30.5 Å². The molecule has 0 atom stereocenters. The van der Waals surface area contributed by atoms with Crippen LogP contribution in [0.2, 0.25) is 0 Å². The van der Waals surface area contributed by atoms with Gasteiger partial charge >= 0.3 is 0 Å². The van der Waals surface area contributed by atoms with Crippen LogP contribution in [0, 0.1) is 11.2 Å². The first-order valence-corrected chi connectivity index (χ1v) is 9.34. The Labute approximate surface area is 179 Å². The first-order valence-electron chi connectivity index (χ1n) is 9.34. The summed E-state index contributed by atoms with van der Waals surface area (Å²) in [5.74, 6) is 0.570.